The van der Waals surface area contributed by atoms with Crippen LogP contribution in [0.1, 0.15) is 34.5 Å². The molecule has 0 saturated heterocycles. The molecule has 1 saturated carbocycles. The number of aromatic nitrogens is 5. The van der Waals surface area contributed by atoms with E-state index in [0.29, 0.717) is 44.3 Å². The number of nitrogens with zero attached hydrogens (tertiary/aromatic N) is 3. The molecule has 4 aromatic heterocycles. The molecule has 1 amide bonds. The number of hydrogen-bond acceptors (Lipinski definition) is 6. The molecule has 0 unspecified atom stereocenters. The smallest absolute Gasteiger partial charge is 0.367 e. The van der Waals surface area contributed by atoms with Gasteiger partial charge >= 0.3 is 11.9 Å². The summed E-state index contributed by atoms with van der Waals surface area (Å²) in [4.78, 5) is 34.8. The Balaban J connectivity index is 1.50. The Kier molecular flexibility index (Phi) is 5.71. The van der Waals surface area contributed by atoms with Gasteiger partial charge in [-0.3, -0.25) is 4.79 Å². The molecule has 0 aliphatic heterocycles. The molecule has 1 fully saturated rings. The van der Waals surface area contributed by atoms with Crippen molar-refractivity contribution in [3.8, 4) is 10.6 Å². The molecule has 1 aliphatic carbocycles. The standard InChI is InChI=1S/C22H20F3N7O2S/c1-11-14(31-21(34)28-11)8-12-10-27-32-18(29-13-2-3-13)9-15(30-19(12)32)16-4-5-17(35-16)20(33)26-7-6-22(23,24)25/h4-5,8-10,13,29H,1-3,6-7H2,(H,26,33)(H2,28,31,34)/b14-8-. The first-order valence-corrected chi connectivity index (χ1v) is 11.6. The maximum atomic E-state index is 12.4. The average molecular weight is 504 g/mol. The van der Waals surface area contributed by atoms with E-state index in [-0.39, 0.29) is 10.6 Å². The van der Waals surface area contributed by atoms with Gasteiger partial charge in [-0.2, -0.15) is 22.8 Å². The third-order valence-corrected chi connectivity index (χ3v) is 6.45. The molecule has 35 heavy (non-hydrogen) atoms. The highest BCUT2D eigenvalue weighted by atomic mass is 32.1. The number of amides is 1. The molecule has 0 radical (unpaired) electrons. The predicted molar refractivity (Wildman–Crippen MR) is 126 cm³/mol. The second-order valence-electron chi connectivity index (χ2n) is 8.18. The highest BCUT2D eigenvalue weighted by Crippen LogP contribution is 2.32. The lowest BCUT2D eigenvalue weighted by molar-refractivity contribution is -0.132. The van der Waals surface area contributed by atoms with Gasteiger partial charge in [0.05, 0.1) is 38.8 Å². The Morgan fingerprint density at radius 1 is 1.31 bits per heavy atom. The van der Waals surface area contributed by atoms with E-state index in [4.69, 9.17) is 4.98 Å². The average Bonchev–Trinajstić information content (AvgIpc) is 3.17. The summed E-state index contributed by atoms with van der Waals surface area (Å²) in [6, 6.07) is 5.42. The molecule has 0 aromatic carbocycles. The molecular formula is C22H20F3N7O2S. The van der Waals surface area contributed by atoms with E-state index in [1.807, 2.05) is 6.07 Å². The van der Waals surface area contributed by atoms with Crippen LogP contribution in [0.4, 0.5) is 19.0 Å². The molecule has 0 atom stereocenters. The summed E-state index contributed by atoms with van der Waals surface area (Å²) in [5.74, 6) is 0.148. The largest absolute Gasteiger partial charge is 0.390 e. The second kappa shape index (κ2) is 8.73. The van der Waals surface area contributed by atoms with Crippen molar-refractivity contribution in [1.82, 2.24) is 29.9 Å². The lowest BCUT2D eigenvalue weighted by atomic mass is 10.2. The van der Waals surface area contributed by atoms with Crippen LogP contribution in [-0.4, -0.2) is 49.2 Å². The van der Waals surface area contributed by atoms with Crippen LogP contribution in [0.2, 0.25) is 0 Å². The minimum Gasteiger partial charge on any atom is -0.367 e. The zero-order chi connectivity index (χ0) is 24.7. The van der Waals surface area contributed by atoms with Crippen molar-refractivity contribution in [3.63, 3.8) is 0 Å². The number of rotatable bonds is 7. The summed E-state index contributed by atoms with van der Waals surface area (Å²) in [6.45, 7) is 3.32. The SMILES string of the molecule is C=c1[nH]c(=O)[nH]/c1=C\c1cnn2c(NC3CC3)cc(-c3ccc(C(=O)NCCC(F)(F)F)s3)nc12. The third kappa shape index (κ3) is 5.14. The molecule has 4 N–H and O–H groups in total. The summed E-state index contributed by atoms with van der Waals surface area (Å²) >= 11 is 1.14. The summed E-state index contributed by atoms with van der Waals surface area (Å²) < 4.78 is 38.8. The van der Waals surface area contributed by atoms with Crippen LogP contribution in [0, 0.1) is 0 Å². The fourth-order valence-electron chi connectivity index (χ4n) is 3.46. The van der Waals surface area contributed by atoms with Crippen molar-refractivity contribution in [2.45, 2.75) is 31.5 Å². The molecule has 0 spiro atoms. The van der Waals surface area contributed by atoms with Crippen molar-refractivity contribution in [2.75, 3.05) is 11.9 Å². The number of alkyl halides is 3. The van der Waals surface area contributed by atoms with Crippen LogP contribution >= 0.6 is 11.3 Å². The number of hydrogen-bond donors (Lipinski definition) is 4. The molecule has 4 aromatic rings. The van der Waals surface area contributed by atoms with Gasteiger partial charge in [0.25, 0.3) is 5.91 Å². The van der Waals surface area contributed by atoms with Gasteiger partial charge in [-0.25, -0.2) is 9.78 Å². The number of halogens is 3. The zero-order valence-corrected chi connectivity index (χ0v) is 19.0. The van der Waals surface area contributed by atoms with E-state index in [1.165, 1.54) is 0 Å². The van der Waals surface area contributed by atoms with Crippen LogP contribution < -0.4 is 27.0 Å². The monoisotopic (exact) mass is 503 g/mol. The topological polar surface area (TPSA) is 120 Å². The van der Waals surface area contributed by atoms with Crippen molar-refractivity contribution in [2.24, 2.45) is 0 Å². The molecule has 1 aliphatic rings. The van der Waals surface area contributed by atoms with E-state index < -0.39 is 25.0 Å². The lowest BCUT2D eigenvalue weighted by Crippen LogP contribution is -2.27. The van der Waals surface area contributed by atoms with Crippen molar-refractivity contribution in [1.29, 1.82) is 0 Å². The minimum absolute atomic E-state index is 0.285. The fraction of sp³-hybridized carbons (Fsp3) is 0.273. The van der Waals surface area contributed by atoms with Crippen LogP contribution in [0.25, 0.3) is 28.9 Å². The maximum absolute atomic E-state index is 12.4. The number of carbonyl (C=O) groups excluding carboxylic acids is 1. The van der Waals surface area contributed by atoms with E-state index in [0.717, 1.165) is 24.2 Å². The predicted octanol–water partition coefficient (Wildman–Crippen LogP) is 1.97. The van der Waals surface area contributed by atoms with Crippen molar-refractivity contribution < 1.29 is 18.0 Å². The van der Waals surface area contributed by atoms with Crippen LogP contribution in [-0.2, 0) is 0 Å². The van der Waals surface area contributed by atoms with Gasteiger partial charge in [-0.1, -0.05) is 6.58 Å². The third-order valence-electron chi connectivity index (χ3n) is 5.34. The first-order chi connectivity index (χ1) is 16.7. The Morgan fingerprint density at radius 3 is 2.80 bits per heavy atom. The molecule has 4 heterocycles. The highest BCUT2D eigenvalue weighted by molar-refractivity contribution is 7.17. The summed E-state index contributed by atoms with van der Waals surface area (Å²) in [6.07, 6.45) is -0.00324. The van der Waals surface area contributed by atoms with Crippen LogP contribution in [0.5, 0.6) is 0 Å². The lowest BCUT2D eigenvalue weighted by Gasteiger charge is -2.09. The van der Waals surface area contributed by atoms with E-state index in [9.17, 15) is 22.8 Å². The van der Waals surface area contributed by atoms with Gasteiger partial charge in [-0.15, -0.1) is 11.3 Å². The number of carbonyl (C=O) groups is 1. The van der Waals surface area contributed by atoms with Crippen LogP contribution in [0.15, 0.2) is 29.2 Å². The Morgan fingerprint density at radius 2 is 2.11 bits per heavy atom. The molecule has 5 rings (SSSR count). The van der Waals surface area contributed by atoms with Gasteiger partial charge in [0.15, 0.2) is 5.65 Å². The quantitative estimate of drug-likeness (QED) is 0.308. The number of imidazole rings is 1. The van der Waals surface area contributed by atoms with Gasteiger partial charge in [0.1, 0.15) is 5.82 Å². The molecular weight excluding hydrogens is 483 g/mol. The number of nitrogens with one attached hydrogen (secondary N) is 4. The number of thiophene rings is 1. The normalized spacial score (nSPS) is 14.5. The van der Waals surface area contributed by atoms with Crippen molar-refractivity contribution in [3.05, 3.63) is 56.0 Å². The number of aromatic amines is 2. The maximum Gasteiger partial charge on any atom is 0.390 e. The molecule has 9 nitrogen and oxygen atoms in total. The van der Waals surface area contributed by atoms with Gasteiger partial charge < -0.3 is 20.6 Å². The zero-order valence-electron chi connectivity index (χ0n) is 18.2. The Labute approximate surface area is 199 Å². The second-order valence-corrected chi connectivity index (χ2v) is 9.26. The number of anilines is 1. The molecule has 0 bridgehead atoms. The minimum atomic E-state index is -4.33. The fourth-order valence-corrected chi connectivity index (χ4v) is 4.35. The Bertz CT molecular complexity index is 1580. The van der Waals surface area contributed by atoms with E-state index in [2.05, 4.69) is 32.3 Å². The summed E-state index contributed by atoms with van der Waals surface area (Å²) in [5, 5.41) is 11.1. The number of fused-ring (bicyclic) bond motifs is 1. The van der Waals surface area contributed by atoms with Gasteiger partial charge in [-0.05, 0) is 31.1 Å². The highest BCUT2D eigenvalue weighted by Gasteiger charge is 2.27. The first kappa shape index (κ1) is 22.9. The van der Waals surface area contributed by atoms with Crippen molar-refractivity contribution >= 4 is 41.4 Å². The van der Waals surface area contributed by atoms with Crippen LogP contribution in [0.3, 0.4) is 0 Å². The molecule has 13 heteroatoms. The van der Waals surface area contributed by atoms with E-state index in [1.54, 1.807) is 28.9 Å². The Hall–Kier alpha value is -3.87. The van der Waals surface area contributed by atoms with Gasteiger partial charge in [0, 0.05) is 24.2 Å². The number of H-pyrrole nitrogens is 2. The van der Waals surface area contributed by atoms with Gasteiger partial charge in [0.2, 0.25) is 0 Å². The first-order valence-electron chi connectivity index (χ1n) is 10.8. The summed E-state index contributed by atoms with van der Waals surface area (Å²) in [7, 11) is 0. The summed E-state index contributed by atoms with van der Waals surface area (Å²) in [5.41, 5.74) is 1.37. The molecule has 182 valence electrons. The van der Waals surface area contributed by atoms with E-state index >= 15 is 0 Å².